The zero-order valence-electron chi connectivity index (χ0n) is 10.7. The molecule has 0 radical (unpaired) electrons. The lowest BCUT2D eigenvalue weighted by molar-refractivity contribution is 0.418. The zero-order chi connectivity index (χ0) is 12.3. The summed E-state index contributed by atoms with van der Waals surface area (Å²) < 4.78 is 5.47. The van der Waals surface area contributed by atoms with Crippen molar-refractivity contribution in [2.75, 3.05) is 7.11 Å². The van der Waals surface area contributed by atoms with Gasteiger partial charge in [0, 0.05) is 23.1 Å². The van der Waals surface area contributed by atoms with Gasteiger partial charge in [-0.15, -0.1) is 0 Å². The fourth-order valence-electron chi connectivity index (χ4n) is 2.25. The van der Waals surface area contributed by atoms with Crippen LogP contribution in [0.15, 0.2) is 30.3 Å². The molecule has 0 saturated heterocycles. The van der Waals surface area contributed by atoms with Gasteiger partial charge in [0.15, 0.2) is 0 Å². The summed E-state index contributed by atoms with van der Waals surface area (Å²) in [5.41, 5.74) is 2.17. The van der Waals surface area contributed by atoms with Crippen molar-refractivity contribution in [3.8, 4) is 5.75 Å². The van der Waals surface area contributed by atoms with Gasteiger partial charge >= 0.3 is 0 Å². The minimum atomic E-state index is 0.522. The van der Waals surface area contributed by atoms with E-state index in [4.69, 9.17) is 9.72 Å². The molecule has 1 heterocycles. The van der Waals surface area contributed by atoms with Gasteiger partial charge in [-0.3, -0.25) is 4.98 Å². The summed E-state index contributed by atoms with van der Waals surface area (Å²) >= 11 is 0. The van der Waals surface area contributed by atoms with Crippen molar-refractivity contribution < 1.29 is 4.74 Å². The van der Waals surface area contributed by atoms with Crippen LogP contribution < -0.4 is 4.74 Å². The zero-order valence-corrected chi connectivity index (χ0v) is 10.7. The Morgan fingerprint density at radius 3 is 2.53 bits per heavy atom. The van der Waals surface area contributed by atoms with Crippen molar-refractivity contribution in [1.29, 1.82) is 0 Å². The summed E-state index contributed by atoms with van der Waals surface area (Å²) in [6.45, 7) is 4.41. The lowest BCUT2D eigenvalue weighted by Gasteiger charge is -2.14. The molecule has 0 atom stereocenters. The van der Waals surface area contributed by atoms with Crippen molar-refractivity contribution in [2.24, 2.45) is 0 Å². The number of rotatable bonds is 4. The van der Waals surface area contributed by atoms with Crippen LogP contribution in [0.25, 0.3) is 10.9 Å². The van der Waals surface area contributed by atoms with Crippen LogP contribution in [0.4, 0.5) is 0 Å². The van der Waals surface area contributed by atoms with Gasteiger partial charge in [-0.25, -0.2) is 0 Å². The molecule has 2 aromatic rings. The van der Waals surface area contributed by atoms with E-state index in [0.29, 0.717) is 5.92 Å². The molecule has 0 N–H and O–H groups in total. The summed E-state index contributed by atoms with van der Waals surface area (Å²) in [7, 11) is 1.72. The second kappa shape index (κ2) is 5.17. The van der Waals surface area contributed by atoms with Crippen LogP contribution >= 0.6 is 0 Å². The van der Waals surface area contributed by atoms with Gasteiger partial charge in [-0.05, 0) is 25.0 Å². The molecule has 0 fully saturated rings. The Hall–Kier alpha value is -1.57. The topological polar surface area (TPSA) is 22.1 Å². The maximum Gasteiger partial charge on any atom is 0.130 e. The third-order valence-electron chi connectivity index (χ3n) is 3.32. The van der Waals surface area contributed by atoms with Crippen LogP contribution in [0.5, 0.6) is 5.75 Å². The largest absolute Gasteiger partial charge is 0.496 e. The van der Waals surface area contributed by atoms with E-state index in [0.717, 1.165) is 35.2 Å². The predicted molar refractivity (Wildman–Crippen MR) is 71.6 cm³/mol. The van der Waals surface area contributed by atoms with Crippen molar-refractivity contribution in [1.82, 2.24) is 4.98 Å². The Balaban J connectivity index is 2.59. The molecule has 90 valence electrons. The number of para-hydroxylation sites is 1. The Labute approximate surface area is 103 Å². The molecule has 17 heavy (non-hydrogen) atoms. The van der Waals surface area contributed by atoms with Crippen molar-refractivity contribution in [3.63, 3.8) is 0 Å². The Morgan fingerprint density at radius 2 is 1.88 bits per heavy atom. The highest BCUT2D eigenvalue weighted by Gasteiger charge is 2.12. The Bertz CT molecular complexity index is 503. The normalized spacial score (nSPS) is 11.1. The first-order chi connectivity index (χ1) is 8.30. The quantitative estimate of drug-likeness (QED) is 0.785. The molecule has 2 rings (SSSR count). The standard InChI is InChI=1S/C15H19NO/c1-4-11(5-2)14-10-15(17-3)12-8-6-7-9-13(12)16-14/h6-11H,4-5H2,1-3H3. The van der Waals surface area contributed by atoms with E-state index in [1.165, 1.54) is 0 Å². The second-order valence-electron chi connectivity index (χ2n) is 4.28. The number of methoxy groups -OCH3 is 1. The number of aromatic nitrogens is 1. The molecule has 0 saturated carbocycles. The molecule has 0 aliphatic heterocycles. The monoisotopic (exact) mass is 229 g/mol. The molecule has 0 spiro atoms. The fourth-order valence-corrected chi connectivity index (χ4v) is 2.25. The Kier molecular flexibility index (Phi) is 3.62. The van der Waals surface area contributed by atoms with Gasteiger partial charge in [-0.1, -0.05) is 26.0 Å². The minimum Gasteiger partial charge on any atom is -0.496 e. The van der Waals surface area contributed by atoms with E-state index in [9.17, 15) is 0 Å². The third-order valence-corrected chi connectivity index (χ3v) is 3.32. The van der Waals surface area contributed by atoms with Crippen LogP contribution in [0, 0.1) is 0 Å². The van der Waals surface area contributed by atoms with E-state index < -0.39 is 0 Å². The van der Waals surface area contributed by atoms with Crippen molar-refractivity contribution >= 4 is 10.9 Å². The molecule has 0 bridgehead atoms. The number of pyridine rings is 1. The van der Waals surface area contributed by atoms with E-state index >= 15 is 0 Å². The SMILES string of the molecule is CCC(CC)c1cc(OC)c2ccccc2n1. The molecule has 0 aliphatic carbocycles. The average Bonchev–Trinajstić information content (AvgIpc) is 2.39. The maximum absolute atomic E-state index is 5.47. The number of fused-ring (bicyclic) bond motifs is 1. The third kappa shape index (κ3) is 2.26. The molecular weight excluding hydrogens is 210 g/mol. The molecule has 2 nitrogen and oxygen atoms in total. The Morgan fingerprint density at radius 1 is 1.18 bits per heavy atom. The summed E-state index contributed by atoms with van der Waals surface area (Å²) in [5, 5.41) is 1.09. The van der Waals surface area contributed by atoms with Crippen LogP contribution in [-0.2, 0) is 0 Å². The number of hydrogen-bond acceptors (Lipinski definition) is 2. The molecule has 2 heteroatoms. The number of nitrogens with zero attached hydrogens (tertiary/aromatic N) is 1. The first-order valence-corrected chi connectivity index (χ1v) is 6.23. The van der Waals surface area contributed by atoms with E-state index in [2.05, 4.69) is 26.0 Å². The minimum absolute atomic E-state index is 0.522. The summed E-state index contributed by atoms with van der Waals surface area (Å²) in [5.74, 6) is 1.45. The number of hydrogen-bond donors (Lipinski definition) is 0. The molecule has 0 amide bonds. The highest BCUT2D eigenvalue weighted by atomic mass is 16.5. The van der Waals surface area contributed by atoms with Crippen LogP contribution in [0.2, 0.25) is 0 Å². The van der Waals surface area contributed by atoms with Crippen LogP contribution in [-0.4, -0.2) is 12.1 Å². The smallest absolute Gasteiger partial charge is 0.130 e. The lowest BCUT2D eigenvalue weighted by atomic mass is 9.98. The lowest BCUT2D eigenvalue weighted by Crippen LogP contribution is -2.00. The fraction of sp³-hybridized carbons (Fsp3) is 0.400. The molecular formula is C15H19NO. The van der Waals surface area contributed by atoms with Crippen molar-refractivity contribution in [2.45, 2.75) is 32.6 Å². The molecule has 1 aromatic carbocycles. The van der Waals surface area contributed by atoms with Gasteiger partial charge in [-0.2, -0.15) is 0 Å². The summed E-state index contributed by atoms with van der Waals surface area (Å²) in [6.07, 6.45) is 2.23. The van der Waals surface area contributed by atoms with Gasteiger partial charge in [0.1, 0.15) is 5.75 Å². The number of ether oxygens (including phenoxy) is 1. The second-order valence-corrected chi connectivity index (χ2v) is 4.28. The van der Waals surface area contributed by atoms with Crippen molar-refractivity contribution in [3.05, 3.63) is 36.0 Å². The van der Waals surface area contributed by atoms with E-state index in [-0.39, 0.29) is 0 Å². The first-order valence-electron chi connectivity index (χ1n) is 6.23. The van der Waals surface area contributed by atoms with Gasteiger partial charge < -0.3 is 4.74 Å². The maximum atomic E-state index is 5.47. The highest BCUT2D eigenvalue weighted by Crippen LogP contribution is 2.30. The highest BCUT2D eigenvalue weighted by molar-refractivity contribution is 5.85. The number of benzene rings is 1. The first kappa shape index (κ1) is 11.9. The average molecular weight is 229 g/mol. The molecule has 1 aromatic heterocycles. The van der Waals surface area contributed by atoms with Crippen LogP contribution in [0.3, 0.4) is 0 Å². The van der Waals surface area contributed by atoms with Gasteiger partial charge in [0.25, 0.3) is 0 Å². The van der Waals surface area contributed by atoms with Gasteiger partial charge in [0.2, 0.25) is 0 Å². The molecule has 0 unspecified atom stereocenters. The van der Waals surface area contributed by atoms with Gasteiger partial charge in [0.05, 0.1) is 12.6 Å². The molecule has 0 aliphatic rings. The predicted octanol–water partition coefficient (Wildman–Crippen LogP) is 4.15. The summed E-state index contributed by atoms with van der Waals surface area (Å²) in [6, 6.07) is 10.2. The van der Waals surface area contributed by atoms with E-state index in [1.807, 2.05) is 18.2 Å². The van der Waals surface area contributed by atoms with Crippen LogP contribution in [0.1, 0.15) is 38.3 Å². The summed E-state index contributed by atoms with van der Waals surface area (Å²) in [4.78, 5) is 4.75. The van der Waals surface area contributed by atoms with E-state index in [1.54, 1.807) is 7.11 Å².